The topological polar surface area (TPSA) is 30.0 Å². The lowest BCUT2D eigenvalue weighted by Crippen LogP contribution is -1.91. The number of aryl methyl sites for hydroxylation is 1. The van der Waals surface area contributed by atoms with Gasteiger partial charge < -0.3 is 0 Å². The lowest BCUT2D eigenvalue weighted by Gasteiger charge is -2.03. The van der Waals surface area contributed by atoms with Gasteiger partial charge in [-0.3, -0.25) is 9.78 Å². The maximum atomic E-state index is 10.6. The number of hydrogen-bond donors (Lipinski definition) is 0. The Morgan fingerprint density at radius 3 is 2.40 bits per heavy atom. The van der Waals surface area contributed by atoms with Crippen LogP contribution in [0.5, 0.6) is 0 Å². The van der Waals surface area contributed by atoms with Crippen LogP contribution in [0.25, 0.3) is 5.57 Å². The summed E-state index contributed by atoms with van der Waals surface area (Å²) in [5.41, 5.74) is 5.33. The summed E-state index contributed by atoms with van der Waals surface area (Å²) in [5.74, 6) is 6.13. The third-order valence-corrected chi connectivity index (χ3v) is 2.88. The van der Waals surface area contributed by atoms with Gasteiger partial charge in [-0.15, -0.1) is 0 Å². The maximum Gasteiger partial charge on any atom is 0.150 e. The molecule has 98 valence electrons. The highest BCUT2D eigenvalue weighted by Crippen LogP contribution is 2.14. The van der Waals surface area contributed by atoms with E-state index in [1.807, 2.05) is 32.0 Å². The Morgan fingerprint density at radius 2 is 1.85 bits per heavy atom. The normalized spacial score (nSPS) is 9.50. The maximum absolute atomic E-state index is 10.6. The Bertz CT molecular complexity index is 715. The van der Waals surface area contributed by atoms with Crippen molar-refractivity contribution < 1.29 is 4.79 Å². The van der Waals surface area contributed by atoms with Crippen molar-refractivity contribution in [2.45, 2.75) is 13.8 Å². The fourth-order valence-electron chi connectivity index (χ4n) is 1.88. The molecule has 0 aliphatic rings. The van der Waals surface area contributed by atoms with Gasteiger partial charge in [-0.2, -0.15) is 0 Å². The first kappa shape index (κ1) is 13.8. The number of nitrogens with zero attached hydrogens (tertiary/aromatic N) is 1. The Balaban J connectivity index is 2.26. The minimum absolute atomic E-state index is 0.652. The molecule has 0 N–H and O–H groups in total. The van der Waals surface area contributed by atoms with Gasteiger partial charge in [0.05, 0.1) is 5.69 Å². The molecule has 0 aliphatic heterocycles. The average Bonchev–Trinajstić information content (AvgIpc) is 2.45. The summed E-state index contributed by atoms with van der Waals surface area (Å²) >= 11 is 0. The third-order valence-electron chi connectivity index (χ3n) is 2.88. The van der Waals surface area contributed by atoms with E-state index < -0.39 is 0 Å². The first-order chi connectivity index (χ1) is 9.60. The van der Waals surface area contributed by atoms with Gasteiger partial charge in [0.25, 0.3) is 0 Å². The van der Waals surface area contributed by atoms with E-state index in [1.54, 1.807) is 18.3 Å². The summed E-state index contributed by atoms with van der Waals surface area (Å²) in [4.78, 5) is 14.9. The van der Waals surface area contributed by atoms with Crippen LogP contribution in [0.3, 0.4) is 0 Å². The SMILES string of the molecule is C=C(C)c1ncc(C#Cc2ccc(C=O)cc2)cc1C. The molecule has 2 aromatic rings. The van der Waals surface area contributed by atoms with Crippen LogP contribution in [0.2, 0.25) is 0 Å². The molecule has 1 aromatic heterocycles. The van der Waals surface area contributed by atoms with Crippen LogP contribution in [-0.4, -0.2) is 11.3 Å². The predicted molar refractivity (Wildman–Crippen MR) is 81.5 cm³/mol. The molecule has 0 aliphatic carbocycles. The van der Waals surface area contributed by atoms with E-state index in [9.17, 15) is 4.79 Å². The average molecular weight is 261 g/mol. The van der Waals surface area contributed by atoms with E-state index in [4.69, 9.17) is 0 Å². The molecule has 0 saturated heterocycles. The monoisotopic (exact) mass is 261 g/mol. The molecule has 0 bridgehead atoms. The number of hydrogen-bond acceptors (Lipinski definition) is 2. The molecule has 0 spiro atoms. The third kappa shape index (κ3) is 3.21. The van der Waals surface area contributed by atoms with Crippen LogP contribution in [0.4, 0.5) is 0 Å². The number of aldehydes is 1. The van der Waals surface area contributed by atoms with Crippen molar-refractivity contribution in [2.75, 3.05) is 0 Å². The second-order valence-corrected chi connectivity index (χ2v) is 4.66. The Labute approximate surface area is 119 Å². The first-order valence-electron chi connectivity index (χ1n) is 6.30. The van der Waals surface area contributed by atoms with Crippen molar-refractivity contribution in [1.82, 2.24) is 4.98 Å². The van der Waals surface area contributed by atoms with Crippen molar-refractivity contribution in [3.63, 3.8) is 0 Å². The molecule has 0 unspecified atom stereocenters. The number of carbonyl (C=O) groups is 1. The number of carbonyl (C=O) groups excluding carboxylic acids is 1. The highest BCUT2D eigenvalue weighted by Gasteiger charge is 2.00. The van der Waals surface area contributed by atoms with Crippen LogP contribution < -0.4 is 0 Å². The van der Waals surface area contributed by atoms with E-state index >= 15 is 0 Å². The summed E-state index contributed by atoms with van der Waals surface area (Å²) in [5, 5.41) is 0. The van der Waals surface area contributed by atoms with Gasteiger partial charge in [-0.1, -0.05) is 30.6 Å². The molecule has 0 radical (unpaired) electrons. The van der Waals surface area contributed by atoms with Gasteiger partial charge in [0.15, 0.2) is 0 Å². The van der Waals surface area contributed by atoms with E-state index in [2.05, 4.69) is 23.4 Å². The summed E-state index contributed by atoms with van der Waals surface area (Å²) in [6.07, 6.45) is 2.57. The highest BCUT2D eigenvalue weighted by molar-refractivity contribution is 5.74. The smallest absolute Gasteiger partial charge is 0.150 e. The molecule has 20 heavy (non-hydrogen) atoms. The van der Waals surface area contributed by atoms with E-state index in [0.29, 0.717) is 5.56 Å². The fourth-order valence-corrected chi connectivity index (χ4v) is 1.88. The number of rotatable bonds is 2. The summed E-state index contributed by atoms with van der Waals surface area (Å²) in [7, 11) is 0. The molecule has 1 aromatic carbocycles. The van der Waals surface area contributed by atoms with Gasteiger partial charge in [0, 0.05) is 22.9 Å². The zero-order valence-corrected chi connectivity index (χ0v) is 11.6. The number of benzene rings is 1. The molecule has 0 fully saturated rings. The molecule has 2 nitrogen and oxygen atoms in total. The molecule has 0 amide bonds. The van der Waals surface area contributed by atoms with E-state index in [1.165, 1.54) is 0 Å². The standard InChI is InChI=1S/C18H15NO/c1-13(2)18-14(3)10-17(11-19-18)9-6-15-4-7-16(12-20)8-5-15/h4-5,7-8,10-12H,1H2,2-3H3. The van der Waals surface area contributed by atoms with Gasteiger partial charge in [-0.25, -0.2) is 0 Å². The fraction of sp³-hybridized carbons (Fsp3) is 0.111. The Kier molecular flexibility index (Phi) is 4.12. The molecule has 2 heteroatoms. The van der Waals surface area contributed by atoms with Crippen LogP contribution in [0.1, 0.15) is 39.7 Å². The van der Waals surface area contributed by atoms with Crippen LogP contribution in [0, 0.1) is 18.8 Å². The van der Waals surface area contributed by atoms with Crippen molar-refractivity contribution in [3.05, 3.63) is 71.1 Å². The van der Waals surface area contributed by atoms with Gasteiger partial charge in [0.1, 0.15) is 6.29 Å². The van der Waals surface area contributed by atoms with Gasteiger partial charge >= 0.3 is 0 Å². The summed E-state index contributed by atoms with van der Waals surface area (Å²) in [6, 6.07) is 9.18. The van der Waals surface area contributed by atoms with E-state index in [0.717, 1.165) is 34.2 Å². The van der Waals surface area contributed by atoms with Crippen molar-refractivity contribution >= 4 is 11.9 Å². The lowest BCUT2D eigenvalue weighted by atomic mass is 10.1. The van der Waals surface area contributed by atoms with Crippen LogP contribution >= 0.6 is 0 Å². The van der Waals surface area contributed by atoms with Crippen molar-refractivity contribution in [2.24, 2.45) is 0 Å². The van der Waals surface area contributed by atoms with Gasteiger partial charge in [-0.05, 0) is 43.2 Å². The van der Waals surface area contributed by atoms with E-state index in [-0.39, 0.29) is 0 Å². The zero-order chi connectivity index (χ0) is 14.5. The number of pyridine rings is 1. The quantitative estimate of drug-likeness (QED) is 0.610. The molecular formula is C18H15NO. The number of aromatic nitrogens is 1. The Hall–Kier alpha value is -2.66. The minimum Gasteiger partial charge on any atom is -0.298 e. The largest absolute Gasteiger partial charge is 0.298 e. The van der Waals surface area contributed by atoms with Gasteiger partial charge in [0.2, 0.25) is 0 Å². The van der Waals surface area contributed by atoms with Crippen molar-refractivity contribution in [3.8, 4) is 11.8 Å². The van der Waals surface area contributed by atoms with Crippen LogP contribution in [0.15, 0.2) is 43.1 Å². The molecule has 1 heterocycles. The number of allylic oxidation sites excluding steroid dienone is 1. The highest BCUT2D eigenvalue weighted by atomic mass is 16.1. The second kappa shape index (κ2) is 5.99. The summed E-state index contributed by atoms with van der Waals surface area (Å²) in [6.45, 7) is 7.84. The Morgan fingerprint density at radius 1 is 1.20 bits per heavy atom. The van der Waals surface area contributed by atoms with Crippen LogP contribution in [-0.2, 0) is 0 Å². The minimum atomic E-state index is 0.652. The second-order valence-electron chi connectivity index (χ2n) is 4.66. The molecule has 0 saturated carbocycles. The molecular weight excluding hydrogens is 246 g/mol. The molecule has 2 rings (SSSR count). The lowest BCUT2D eigenvalue weighted by molar-refractivity contribution is 0.112. The first-order valence-corrected chi connectivity index (χ1v) is 6.30. The summed E-state index contributed by atoms with van der Waals surface area (Å²) < 4.78 is 0. The van der Waals surface area contributed by atoms with Crippen molar-refractivity contribution in [1.29, 1.82) is 0 Å². The zero-order valence-electron chi connectivity index (χ0n) is 11.6. The predicted octanol–water partition coefficient (Wildman–Crippen LogP) is 3.64. The molecule has 0 atom stereocenters.